The van der Waals surface area contributed by atoms with Crippen molar-refractivity contribution in [3.8, 4) is 0 Å². The highest BCUT2D eigenvalue weighted by molar-refractivity contribution is 7.91. The van der Waals surface area contributed by atoms with Crippen molar-refractivity contribution in [1.82, 2.24) is 4.31 Å². The number of piperidine rings is 1. The van der Waals surface area contributed by atoms with Crippen LogP contribution in [0.15, 0.2) is 15.7 Å². The lowest BCUT2D eigenvalue weighted by Crippen LogP contribution is -2.42. The smallest absolute Gasteiger partial charge is 0.252 e. The highest BCUT2D eigenvalue weighted by atomic mass is 35.5. The van der Waals surface area contributed by atoms with Crippen LogP contribution in [-0.2, 0) is 20.6 Å². The minimum absolute atomic E-state index is 0.0148. The van der Waals surface area contributed by atoms with E-state index in [0.717, 1.165) is 18.4 Å². The molecule has 0 aliphatic carbocycles. The fourth-order valence-corrected chi connectivity index (χ4v) is 5.30. The van der Waals surface area contributed by atoms with Gasteiger partial charge in [0, 0.05) is 25.6 Å². The zero-order valence-electron chi connectivity index (χ0n) is 10.8. The second-order valence-corrected chi connectivity index (χ2v) is 7.83. The molecule has 0 amide bonds. The van der Waals surface area contributed by atoms with Crippen LogP contribution in [0.4, 0.5) is 0 Å². The number of nitrogens with zero attached hydrogens (tertiary/aromatic N) is 1. The molecule has 1 saturated heterocycles. The molecule has 0 bridgehead atoms. The molecule has 2 rings (SSSR count). The second-order valence-electron chi connectivity index (χ2n) is 4.49. The Morgan fingerprint density at radius 1 is 1.58 bits per heavy atom. The Labute approximate surface area is 123 Å². The van der Waals surface area contributed by atoms with E-state index in [1.54, 1.807) is 11.4 Å². The van der Waals surface area contributed by atoms with Gasteiger partial charge in [-0.05, 0) is 36.8 Å². The molecule has 1 aliphatic heterocycles. The SMILES string of the molecule is CCOC1CCCN(S(=O)(=O)c2cc(CCl)cs2)C1. The molecular weight excluding hydrogens is 306 g/mol. The van der Waals surface area contributed by atoms with Crippen LogP contribution in [-0.4, -0.2) is 38.5 Å². The van der Waals surface area contributed by atoms with E-state index in [1.807, 2.05) is 6.92 Å². The van der Waals surface area contributed by atoms with Crippen molar-refractivity contribution in [2.45, 2.75) is 36.0 Å². The van der Waals surface area contributed by atoms with E-state index >= 15 is 0 Å². The van der Waals surface area contributed by atoms with Gasteiger partial charge < -0.3 is 4.74 Å². The van der Waals surface area contributed by atoms with Crippen LogP contribution in [0.1, 0.15) is 25.3 Å². The number of halogens is 1. The maximum absolute atomic E-state index is 12.5. The summed E-state index contributed by atoms with van der Waals surface area (Å²) in [5.74, 6) is 0.341. The predicted molar refractivity (Wildman–Crippen MR) is 77.3 cm³/mol. The van der Waals surface area contributed by atoms with Gasteiger partial charge in [-0.3, -0.25) is 0 Å². The van der Waals surface area contributed by atoms with Gasteiger partial charge in [-0.15, -0.1) is 22.9 Å². The van der Waals surface area contributed by atoms with Gasteiger partial charge in [0.15, 0.2) is 0 Å². The molecule has 0 aromatic carbocycles. The quantitative estimate of drug-likeness (QED) is 0.783. The fourth-order valence-electron chi connectivity index (χ4n) is 2.18. The van der Waals surface area contributed by atoms with Crippen molar-refractivity contribution in [1.29, 1.82) is 0 Å². The van der Waals surface area contributed by atoms with Gasteiger partial charge in [-0.1, -0.05) is 0 Å². The fraction of sp³-hybridized carbons (Fsp3) is 0.667. The number of hydrogen-bond acceptors (Lipinski definition) is 4. The lowest BCUT2D eigenvalue weighted by atomic mass is 10.1. The third kappa shape index (κ3) is 3.49. The number of thiophene rings is 1. The molecule has 108 valence electrons. The van der Waals surface area contributed by atoms with Crippen molar-refractivity contribution in [3.05, 3.63) is 17.0 Å². The van der Waals surface area contributed by atoms with Crippen molar-refractivity contribution >= 4 is 33.0 Å². The van der Waals surface area contributed by atoms with Gasteiger partial charge in [0.1, 0.15) is 4.21 Å². The standard InChI is InChI=1S/C12H18ClNO3S2/c1-2-17-11-4-3-5-14(8-11)19(15,16)12-6-10(7-13)9-18-12/h6,9,11H,2-5,7-8H2,1H3. The normalized spacial score (nSPS) is 21.7. The summed E-state index contributed by atoms with van der Waals surface area (Å²) in [6, 6.07) is 1.66. The lowest BCUT2D eigenvalue weighted by Gasteiger charge is -2.31. The minimum Gasteiger partial charge on any atom is -0.377 e. The molecule has 0 radical (unpaired) electrons. The molecule has 1 aromatic rings. The van der Waals surface area contributed by atoms with Crippen LogP contribution in [0.2, 0.25) is 0 Å². The van der Waals surface area contributed by atoms with Crippen molar-refractivity contribution in [2.24, 2.45) is 0 Å². The Bertz CT molecular complexity index is 513. The maximum Gasteiger partial charge on any atom is 0.252 e. The molecule has 1 aromatic heterocycles. The van der Waals surface area contributed by atoms with E-state index in [-0.39, 0.29) is 6.10 Å². The molecule has 1 aliphatic rings. The molecule has 4 nitrogen and oxygen atoms in total. The van der Waals surface area contributed by atoms with Gasteiger partial charge in [-0.25, -0.2) is 8.42 Å². The Morgan fingerprint density at radius 2 is 2.37 bits per heavy atom. The maximum atomic E-state index is 12.5. The van der Waals surface area contributed by atoms with E-state index in [2.05, 4.69) is 0 Å². The van der Waals surface area contributed by atoms with Crippen LogP contribution in [0.25, 0.3) is 0 Å². The van der Waals surface area contributed by atoms with Gasteiger partial charge in [-0.2, -0.15) is 4.31 Å². The average molecular weight is 324 g/mol. The van der Waals surface area contributed by atoms with Crippen LogP contribution in [0.5, 0.6) is 0 Å². The summed E-state index contributed by atoms with van der Waals surface area (Å²) < 4.78 is 32.5. The second kappa shape index (κ2) is 6.54. The molecule has 1 fully saturated rings. The van der Waals surface area contributed by atoms with Crippen molar-refractivity contribution < 1.29 is 13.2 Å². The molecule has 1 unspecified atom stereocenters. The highest BCUT2D eigenvalue weighted by Gasteiger charge is 2.31. The Balaban J connectivity index is 2.14. The molecule has 19 heavy (non-hydrogen) atoms. The predicted octanol–water partition coefficient (Wildman–Crippen LogP) is 2.68. The third-order valence-electron chi connectivity index (χ3n) is 3.12. The van der Waals surface area contributed by atoms with E-state index in [1.165, 1.54) is 15.6 Å². The number of ether oxygens (including phenoxy) is 1. The Kier molecular flexibility index (Phi) is 5.25. The summed E-state index contributed by atoms with van der Waals surface area (Å²) in [4.78, 5) is 0. The average Bonchev–Trinajstić information content (AvgIpc) is 2.89. The molecular formula is C12H18ClNO3S2. The Morgan fingerprint density at radius 3 is 3.00 bits per heavy atom. The van der Waals surface area contributed by atoms with E-state index in [0.29, 0.717) is 29.8 Å². The largest absolute Gasteiger partial charge is 0.377 e. The Hall–Kier alpha value is -0.140. The molecule has 0 saturated carbocycles. The topological polar surface area (TPSA) is 46.6 Å². The molecule has 0 N–H and O–H groups in total. The van der Waals surface area contributed by atoms with Crippen LogP contribution in [0.3, 0.4) is 0 Å². The first-order valence-corrected chi connectivity index (χ1v) is 9.18. The monoisotopic (exact) mass is 323 g/mol. The van der Waals surface area contributed by atoms with Gasteiger partial charge in [0.25, 0.3) is 10.0 Å². The molecule has 2 heterocycles. The number of rotatable bonds is 5. The van der Waals surface area contributed by atoms with Crippen LogP contribution in [0, 0.1) is 0 Å². The summed E-state index contributed by atoms with van der Waals surface area (Å²) in [5.41, 5.74) is 0.851. The zero-order valence-corrected chi connectivity index (χ0v) is 13.2. The lowest BCUT2D eigenvalue weighted by molar-refractivity contribution is 0.0265. The number of hydrogen-bond donors (Lipinski definition) is 0. The van der Waals surface area contributed by atoms with E-state index in [9.17, 15) is 8.42 Å². The van der Waals surface area contributed by atoms with E-state index in [4.69, 9.17) is 16.3 Å². The molecule has 0 spiro atoms. The first kappa shape index (κ1) is 15.3. The van der Waals surface area contributed by atoms with E-state index < -0.39 is 10.0 Å². The summed E-state index contributed by atoms with van der Waals surface area (Å²) in [6.45, 7) is 3.57. The van der Waals surface area contributed by atoms with Crippen LogP contribution < -0.4 is 0 Å². The van der Waals surface area contributed by atoms with Gasteiger partial charge in [0.05, 0.1) is 6.10 Å². The van der Waals surface area contributed by atoms with Crippen molar-refractivity contribution in [2.75, 3.05) is 19.7 Å². The summed E-state index contributed by atoms with van der Waals surface area (Å²) in [6.07, 6.45) is 1.79. The molecule has 1 atom stereocenters. The zero-order chi connectivity index (χ0) is 13.9. The highest BCUT2D eigenvalue weighted by Crippen LogP contribution is 2.27. The molecule has 7 heteroatoms. The summed E-state index contributed by atoms with van der Waals surface area (Å²) in [5, 5.41) is 1.80. The summed E-state index contributed by atoms with van der Waals surface area (Å²) in [7, 11) is -3.39. The van der Waals surface area contributed by atoms with Gasteiger partial charge >= 0.3 is 0 Å². The van der Waals surface area contributed by atoms with Gasteiger partial charge in [0.2, 0.25) is 0 Å². The van der Waals surface area contributed by atoms with Crippen molar-refractivity contribution in [3.63, 3.8) is 0 Å². The minimum atomic E-state index is -3.39. The van der Waals surface area contributed by atoms with Crippen LogP contribution >= 0.6 is 22.9 Å². The number of sulfonamides is 1. The summed E-state index contributed by atoms with van der Waals surface area (Å²) >= 11 is 6.95. The number of alkyl halides is 1. The first-order valence-electron chi connectivity index (χ1n) is 6.33. The third-order valence-corrected chi connectivity index (χ3v) is 6.76. The first-order chi connectivity index (χ1) is 9.07.